The number of hydrogen-bond acceptors (Lipinski definition) is 4. The van der Waals surface area contributed by atoms with Crippen molar-refractivity contribution < 1.29 is 14.6 Å². The summed E-state index contributed by atoms with van der Waals surface area (Å²) in [5.74, 6) is 1.01. The molecular formula is C27H25NO3. The zero-order valence-electron chi connectivity index (χ0n) is 17.5. The van der Waals surface area contributed by atoms with Gasteiger partial charge in [0.25, 0.3) is 0 Å². The zero-order chi connectivity index (χ0) is 21.5. The molecule has 3 aromatic carbocycles. The minimum Gasteiger partial charge on any atom is -0.473 e. The molecule has 0 fully saturated rings. The van der Waals surface area contributed by atoms with Crippen LogP contribution in [0.15, 0.2) is 91.0 Å². The summed E-state index contributed by atoms with van der Waals surface area (Å²) < 4.78 is 12.0. The van der Waals surface area contributed by atoms with E-state index in [9.17, 15) is 5.11 Å². The number of aliphatic hydroxyl groups excluding tert-OH is 1. The number of aryl methyl sites for hydroxylation is 1. The fourth-order valence-electron chi connectivity index (χ4n) is 3.30. The number of aromatic nitrogens is 1. The number of pyridine rings is 1. The Labute approximate surface area is 182 Å². The van der Waals surface area contributed by atoms with Gasteiger partial charge < -0.3 is 14.6 Å². The highest BCUT2D eigenvalue weighted by molar-refractivity contribution is 5.70. The third-order valence-corrected chi connectivity index (χ3v) is 5.11. The molecule has 4 aromatic rings. The third kappa shape index (κ3) is 5.30. The molecule has 4 nitrogen and oxygen atoms in total. The number of hydrogen-bond donors (Lipinski definition) is 1. The molecule has 156 valence electrons. The zero-order valence-corrected chi connectivity index (χ0v) is 17.5. The van der Waals surface area contributed by atoms with Crippen LogP contribution in [0.2, 0.25) is 0 Å². The van der Waals surface area contributed by atoms with Crippen molar-refractivity contribution in [2.75, 3.05) is 0 Å². The first kappa shape index (κ1) is 20.6. The topological polar surface area (TPSA) is 51.6 Å². The highest BCUT2D eigenvalue weighted by Gasteiger charge is 2.13. The van der Waals surface area contributed by atoms with Gasteiger partial charge in [0.15, 0.2) is 0 Å². The molecule has 0 saturated carbocycles. The van der Waals surface area contributed by atoms with E-state index in [1.807, 2.05) is 97.9 Å². The molecule has 0 aliphatic carbocycles. The summed E-state index contributed by atoms with van der Waals surface area (Å²) in [7, 11) is 0. The van der Waals surface area contributed by atoms with Gasteiger partial charge in [-0.05, 0) is 46.9 Å². The standard InChI is InChI=1S/C27H25NO3/c1-20-12-13-23(16-24(20)17-29)25-14-15-26(30-18-21-8-4-2-5-9-21)28-27(25)31-19-22-10-6-3-7-11-22/h2-16,29H,17-19H2,1H3. The molecule has 0 saturated heterocycles. The Balaban J connectivity index is 1.62. The van der Waals surface area contributed by atoms with Gasteiger partial charge in [0.2, 0.25) is 11.8 Å². The molecule has 4 heteroatoms. The van der Waals surface area contributed by atoms with Crippen LogP contribution in [0.5, 0.6) is 11.8 Å². The smallest absolute Gasteiger partial charge is 0.225 e. The lowest BCUT2D eigenvalue weighted by Crippen LogP contribution is -2.02. The van der Waals surface area contributed by atoms with Gasteiger partial charge in [-0.3, -0.25) is 0 Å². The normalized spacial score (nSPS) is 10.6. The molecule has 0 bridgehead atoms. The molecule has 0 aliphatic rings. The van der Waals surface area contributed by atoms with Crippen LogP contribution in [-0.4, -0.2) is 10.1 Å². The lowest BCUT2D eigenvalue weighted by molar-refractivity contribution is 0.268. The molecule has 0 amide bonds. The minimum atomic E-state index is -0.00836. The molecule has 1 aromatic heterocycles. The van der Waals surface area contributed by atoms with Crippen LogP contribution in [0, 0.1) is 6.92 Å². The van der Waals surface area contributed by atoms with E-state index in [1.54, 1.807) is 0 Å². The maximum Gasteiger partial charge on any atom is 0.225 e. The van der Waals surface area contributed by atoms with E-state index in [2.05, 4.69) is 4.98 Å². The number of ether oxygens (including phenoxy) is 2. The predicted octanol–water partition coefficient (Wildman–Crippen LogP) is 5.71. The fraction of sp³-hybridized carbons (Fsp3) is 0.148. The van der Waals surface area contributed by atoms with Crippen molar-refractivity contribution in [1.82, 2.24) is 4.98 Å². The van der Waals surface area contributed by atoms with Crippen LogP contribution < -0.4 is 9.47 Å². The van der Waals surface area contributed by atoms with Crippen LogP contribution in [0.4, 0.5) is 0 Å². The van der Waals surface area contributed by atoms with Crippen molar-refractivity contribution in [3.05, 3.63) is 113 Å². The van der Waals surface area contributed by atoms with E-state index in [0.29, 0.717) is 25.0 Å². The Morgan fingerprint density at radius 1 is 0.742 bits per heavy atom. The SMILES string of the molecule is Cc1ccc(-c2ccc(OCc3ccccc3)nc2OCc2ccccc2)cc1CO. The summed E-state index contributed by atoms with van der Waals surface area (Å²) in [6.45, 7) is 2.82. The van der Waals surface area contributed by atoms with Crippen molar-refractivity contribution in [3.8, 4) is 22.9 Å². The van der Waals surface area contributed by atoms with Crippen molar-refractivity contribution in [2.45, 2.75) is 26.7 Å². The highest BCUT2D eigenvalue weighted by atomic mass is 16.5. The molecule has 0 atom stereocenters. The van der Waals surface area contributed by atoms with Gasteiger partial charge >= 0.3 is 0 Å². The van der Waals surface area contributed by atoms with E-state index in [4.69, 9.17) is 9.47 Å². The van der Waals surface area contributed by atoms with E-state index in [0.717, 1.165) is 33.4 Å². The van der Waals surface area contributed by atoms with Gasteiger partial charge in [-0.1, -0.05) is 72.8 Å². The van der Waals surface area contributed by atoms with Crippen LogP contribution in [0.3, 0.4) is 0 Å². The van der Waals surface area contributed by atoms with Gasteiger partial charge in [0.05, 0.1) is 6.61 Å². The van der Waals surface area contributed by atoms with Gasteiger partial charge in [-0.15, -0.1) is 0 Å². The Morgan fingerprint density at radius 2 is 1.39 bits per heavy atom. The quantitative estimate of drug-likeness (QED) is 0.404. The molecule has 0 unspecified atom stereocenters. The molecule has 4 rings (SSSR count). The van der Waals surface area contributed by atoms with E-state index >= 15 is 0 Å². The Hall–Kier alpha value is -3.63. The fourth-order valence-corrected chi connectivity index (χ4v) is 3.30. The monoisotopic (exact) mass is 411 g/mol. The molecule has 0 aliphatic heterocycles. The van der Waals surface area contributed by atoms with Gasteiger partial charge in [-0.2, -0.15) is 4.98 Å². The van der Waals surface area contributed by atoms with E-state index in [-0.39, 0.29) is 6.61 Å². The average Bonchev–Trinajstić information content (AvgIpc) is 2.83. The Morgan fingerprint density at radius 3 is 2.03 bits per heavy atom. The van der Waals surface area contributed by atoms with Crippen molar-refractivity contribution >= 4 is 0 Å². The minimum absolute atomic E-state index is 0.00836. The summed E-state index contributed by atoms with van der Waals surface area (Å²) in [5.41, 5.74) is 5.87. The summed E-state index contributed by atoms with van der Waals surface area (Å²) in [6, 6.07) is 29.8. The first-order valence-corrected chi connectivity index (χ1v) is 10.3. The molecule has 0 radical (unpaired) electrons. The second kappa shape index (κ2) is 9.92. The molecule has 31 heavy (non-hydrogen) atoms. The number of nitrogens with zero attached hydrogens (tertiary/aromatic N) is 1. The molecule has 1 N–H and O–H groups in total. The second-order valence-electron chi connectivity index (χ2n) is 7.35. The Bertz CT molecular complexity index is 1130. The van der Waals surface area contributed by atoms with Crippen molar-refractivity contribution in [1.29, 1.82) is 0 Å². The average molecular weight is 412 g/mol. The van der Waals surface area contributed by atoms with Crippen LogP contribution in [0.1, 0.15) is 22.3 Å². The van der Waals surface area contributed by atoms with E-state index in [1.165, 1.54) is 0 Å². The number of benzene rings is 3. The second-order valence-corrected chi connectivity index (χ2v) is 7.35. The molecular weight excluding hydrogens is 386 g/mol. The first-order valence-electron chi connectivity index (χ1n) is 10.3. The van der Waals surface area contributed by atoms with Gasteiger partial charge in [0, 0.05) is 11.6 Å². The first-order chi connectivity index (χ1) is 15.2. The maximum atomic E-state index is 9.67. The lowest BCUT2D eigenvalue weighted by Gasteiger charge is -2.14. The molecule has 1 heterocycles. The highest BCUT2D eigenvalue weighted by Crippen LogP contribution is 2.32. The summed E-state index contributed by atoms with van der Waals surface area (Å²) in [5, 5.41) is 9.67. The third-order valence-electron chi connectivity index (χ3n) is 5.11. The molecule has 0 spiro atoms. The largest absolute Gasteiger partial charge is 0.473 e. The van der Waals surface area contributed by atoms with E-state index < -0.39 is 0 Å². The van der Waals surface area contributed by atoms with Crippen LogP contribution in [0.25, 0.3) is 11.1 Å². The van der Waals surface area contributed by atoms with Gasteiger partial charge in [0.1, 0.15) is 13.2 Å². The Kier molecular flexibility index (Phi) is 6.60. The maximum absolute atomic E-state index is 9.67. The lowest BCUT2D eigenvalue weighted by atomic mass is 10.0. The summed E-state index contributed by atoms with van der Waals surface area (Å²) in [6.07, 6.45) is 0. The van der Waals surface area contributed by atoms with Crippen LogP contribution >= 0.6 is 0 Å². The summed E-state index contributed by atoms with van der Waals surface area (Å²) in [4.78, 5) is 4.65. The van der Waals surface area contributed by atoms with Crippen molar-refractivity contribution in [3.63, 3.8) is 0 Å². The van der Waals surface area contributed by atoms with Crippen molar-refractivity contribution in [2.24, 2.45) is 0 Å². The van der Waals surface area contributed by atoms with Gasteiger partial charge in [-0.25, -0.2) is 0 Å². The predicted molar refractivity (Wildman–Crippen MR) is 122 cm³/mol. The number of aliphatic hydroxyl groups is 1. The number of rotatable bonds is 8. The summed E-state index contributed by atoms with van der Waals surface area (Å²) >= 11 is 0. The van der Waals surface area contributed by atoms with Crippen LogP contribution in [-0.2, 0) is 19.8 Å².